The van der Waals surface area contributed by atoms with Crippen LogP contribution in [0.2, 0.25) is 0 Å². The van der Waals surface area contributed by atoms with Gasteiger partial charge in [0.25, 0.3) is 0 Å². The maximum absolute atomic E-state index is 13.5. The topological polar surface area (TPSA) is 126 Å². The van der Waals surface area contributed by atoms with E-state index in [1.54, 1.807) is 11.0 Å². The van der Waals surface area contributed by atoms with Crippen molar-refractivity contribution < 1.29 is 28.6 Å². The van der Waals surface area contributed by atoms with Gasteiger partial charge in [0, 0.05) is 51.5 Å². The number of aryl methyl sites for hydroxylation is 3. The van der Waals surface area contributed by atoms with E-state index in [2.05, 4.69) is 65.4 Å². The summed E-state index contributed by atoms with van der Waals surface area (Å²) in [5, 5.41) is 8.00. The van der Waals surface area contributed by atoms with Gasteiger partial charge < -0.3 is 34.3 Å². The predicted octanol–water partition coefficient (Wildman–Crippen LogP) is 7.43. The monoisotopic (exact) mass is 787 g/mol. The minimum Gasteiger partial charge on any atom is -0.488 e. The standard InChI is InChI=1S/C32H44N6O5.C11H16O.C2H6/c1-6-17-38(35-32(41)34-18-25-13-10-9-11-14-25)22-28(39)33-19-29(40)37(23-30(42-7-2)43-8-3)21-26-15-12-16-27-24(4)20-36(5)31(26)27;1-9-5-7-10(8-6-9)12-11(2,3)4;1-2/h6,9-16,20,30H,1,7-8,17-19,21-23H2,2-5H3,(H,33,39)(H2,34,35,41);5-8H,1-4H3;1-2H3. The van der Waals surface area contributed by atoms with Gasteiger partial charge in [-0.05, 0) is 77.3 Å². The molecule has 0 atom stereocenters. The Morgan fingerprint density at radius 3 is 2.14 bits per heavy atom. The molecule has 1 heterocycles. The van der Waals surface area contributed by atoms with Gasteiger partial charge in [-0.15, -0.1) is 6.58 Å². The van der Waals surface area contributed by atoms with Gasteiger partial charge in [-0.25, -0.2) is 9.80 Å². The van der Waals surface area contributed by atoms with Gasteiger partial charge in [0.1, 0.15) is 11.4 Å². The maximum Gasteiger partial charge on any atom is 0.329 e. The van der Waals surface area contributed by atoms with Gasteiger partial charge >= 0.3 is 6.03 Å². The highest BCUT2D eigenvalue weighted by Crippen LogP contribution is 2.25. The summed E-state index contributed by atoms with van der Waals surface area (Å²) < 4.78 is 19.2. The minimum absolute atomic E-state index is 0.102. The van der Waals surface area contributed by atoms with E-state index in [4.69, 9.17) is 14.2 Å². The molecule has 12 nitrogen and oxygen atoms in total. The zero-order valence-corrected chi connectivity index (χ0v) is 35.8. The number of para-hydroxylation sites is 1. The number of nitrogens with zero attached hydrogens (tertiary/aromatic N) is 3. The van der Waals surface area contributed by atoms with Gasteiger partial charge in [-0.1, -0.05) is 86.2 Å². The van der Waals surface area contributed by atoms with Crippen LogP contribution in [0.4, 0.5) is 4.79 Å². The molecular weight excluding hydrogens is 721 g/mol. The summed E-state index contributed by atoms with van der Waals surface area (Å²) in [4.78, 5) is 40.4. The lowest BCUT2D eigenvalue weighted by Crippen LogP contribution is -2.52. The van der Waals surface area contributed by atoms with Crippen LogP contribution in [0.1, 0.15) is 70.7 Å². The molecule has 0 aliphatic rings. The Hall–Kier alpha value is -5.17. The number of carbonyl (C=O) groups is 3. The van der Waals surface area contributed by atoms with Crippen LogP contribution in [0.25, 0.3) is 10.9 Å². The van der Waals surface area contributed by atoms with Crippen molar-refractivity contribution in [1.82, 2.24) is 30.5 Å². The fourth-order valence-electron chi connectivity index (χ4n) is 5.79. The number of carbonyl (C=O) groups excluding carboxylic acids is 3. The second-order valence-electron chi connectivity index (χ2n) is 14.1. The smallest absolute Gasteiger partial charge is 0.329 e. The van der Waals surface area contributed by atoms with Crippen LogP contribution >= 0.6 is 0 Å². The molecule has 0 spiro atoms. The highest BCUT2D eigenvalue weighted by atomic mass is 16.7. The first kappa shape index (κ1) is 48.0. The second-order valence-corrected chi connectivity index (χ2v) is 14.1. The molecule has 12 heteroatoms. The molecule has 0 aliphatic carbocycles. The summed E-state index contributed by atoms with van der Waals surface area (Å²) in [6, 6.07) is 23.2. The van der Waals surface area contributed by atoms with Crippen molar-refractivity contribution in [3.05, 3.63) is 114 Å². The normalized spacial score (nSPS) is 10.9. The molecule has 4 rings (SSSR count). The third-order valence-electron chi connectivity index (χ3n) is 8.19. The lowest BCUT2D eigenvalue weighted by Gasteiger charge is -2.28. The number of hydrogen-bond donors (Lipinski definition) is 3. The Kier molecular flexibility index (Phi) is 21.2. The molecule has 57 heavy (non-hydrogen) atoms. The summed E-state index contributed by atoms with van der Waals surface area (Å²) in [7, 11) is 1.99. The zero-order chi connectivity index (χ0) is 42.4. The Labute approximate surface area is 340 Å². The fourth-order valence-corrected chi connectivity index (χ4v) is 5.79. The first-order chi connectivity index (χ1) is 27.2. The van der Waals surface area contributed by atoms with E-state index in [-0.39, 0.29) is 37.7 Å². The largest absolute Gasteiger partial charge is 0.488 e. The molecule has 3 aromatic carbocycles. The number of aromatic nitrogens is 1. The number of nitrogens with one attached hydrogen (secondary N) is 3. The third kappa shape index (κ3) is 17.7. The van der Waals surface area contributed by atoms with Crippen LogP contribution in [0.15, 0.2) is 91.6 Å². The molecule has 0 saturated carbocycles. The van der Waals surface area contributed by atoms with Crippen LogP contribution in [0, 0.1) is 13.8 Å². The van der Waals surface area contributed by atoms with Crippen molar-refractivity contribution in [2.45, 2.75) is 87.3 Å². The number of fused-ring (bicyclic) bond motifs is 1. The molecule has 4 aromatic rings. The molecule has 4 amide bonds. The lowest BCUT2D eigenvalue weighted by molar-refractivity contribution is -0.159. The number of hydrogen-bond acceptors (Lipinski definition) is 7. The average molecular weight is 787 g/mol. The Bertz CT molecular complexity index is 1800. The van der Waals surface area contributed by atoms with E-state index >= 15 is 0 Å². The number of urea groups is 1. The van der Waals surface area contributed by atoms with Crippen LogP contribution < -0.4 is 20.8 Å². The summed E-state index contributed by atoms with van der Waals surface area (Å²) in [5.41, 5.74) is 7.94. The van der Waals surface area contributed by atoms with Gasteiger partial charge in [-0.3, -0.25) is 15.0 Å². The molecule has 0 radical (unpaired) electrons. The fraction of sp³-hybridized carbons (Fsp3) is 0.444. The summed E-state index contributed by atoms with van der Waals surface area (Å²) in [6.07, 6.45) is 3.03. The summed E-state index contributed by atoms with van der Waals surface area (Å²) in [5.74, 6) is 0.225. The van der Waals surface area contributed by atoms with E-state index < -0.39 is 18.2 Å². The number of rotatable bonds is 18. The van der Waals surface area contributed by atoms with Crippen molar-refractivity contribution in [3.63, 3.8) is 0 Å². The highest BCUT2D eigenvalue weighted by Gasteiger charge is 2.23. The van der Waals surface area contributed by atoms with Crippen LogP contribution in [-0.4, -0.2) is 83.6 Å². The lowest BCUT2D eigenvalue weighted by atomic mass is 10.1. The van der Waals surface area contributed by atoms with E-state index in [0.717, 1.165) is 33.3 Å². The van der Waals surface area contributed by atoms with Crippen molar-refractivity contribution >= 4 is 28.7 Å². The van der Waals surface area contributed by atoms with E-state index in [1.165, 1.54) is 10.6 Å². The van der Waals surface area contributed by atoms with E-state index in [0.29, 0.717) is 26.3 Å². The molecule has 312 valence electrons. The first-order valence-electron chi connectivity index (χ1n) is 19.7. The minimum atomic E-state index is -0.606. The van der Waals surface area contributed by atoms with Gasteiger partial charge in [0.05, 0.1) is 25.2 Å². The number of ether oxygens (including phenoxy) is 3. The van der Waals surface area contributed by atoms with Gasteiger partial charge in [0.2, 0.25) is 11.8 Å². The number of hydrazine groups is 1. The van der Waals surface area contributed by atoms with Crippen molar-refractivity contribution in [2.75, 3.05) is 39.4 Å². The van der Waals surface area contributed by atoms with Crippen molar-refractivity contribution in [2.24, 2.45) is 7.05 Å². The number of amides is 4. The SMILES string of the molecule is C=CCN(CC(=O)NCC(=O)N(Cc1cccc2c(C)cn(C)c12)CC(OCC)OCC)NC(=O)NCc1ccccc1.CC.Cc1ccc(OC(C)(C)C)cc1. The zero-order valence-electron chi connectivity index (χ0n) is 35.8. The third-order valence-corrected chi connectivity index (χ3v) is 8.19. The van der Waals surface area contributed by atoms with E-state index in [9.17, 15) is 14.4 Å². The molecule has 0 unspecified atom stereocenters. The van der Waals surface area contributed by atoms with Crippen LogP contribution in [-0.2, 0) is 39.2 Å². The Morgan fingerprint density at radius 1 is 0.895 bits per heavy atom. The van der Waals surface area contributed by atoms with Gasteiger partial charge in [0.15, 0.2) is 6.29 Å². The summed E-state index contributed by atoms with van der Waals surface area (Å²) >= 11 is 0. The van der Waals surface area contributed by atoms with Crippen molar-refractivity contribution in [3.8, 4) is 5.75 Å². The Morgan fingerprint density at radius 2 is 1.54 bits per heavy atom. The molecular formula is C45H66N6O6. The molecule has 3 N–H and O–H groups in total. The van der Waals surface area contributed by atoms with Crippen LogP contribution in [0.5, 0.6) is 5.75 Å². The Balaban J connectivity index is 0.000000676. The molecule has 0 fully saturated rings. The number of benzene rings is 3. The highest BCUT2D eigenvalue weighted by molar-refractivity contribution is 5.88. The molecule has 0 aliphatic heterocycles. The molecule has 0 bridgehead atoms. The second kappa shape index (κ2) is 25.2. The van der Waals surface area contributed by atoms with Crippen molar-refractivity contribution in [1.29, 1.82) is 0 Å². The molecule has 0 saturated heterocycles. The van der Waals surface area contributed by atoms with E-state index in [1.807, 2.05) is 110 Å². The maximum atomic E-state index is 13.5. The average Bonchev–Trinajstić information content (AvgIpc) is 3.48. The predicted molar refractivity (Wildman–Crippen MR) is 230 cm³/mol. The van der Waals surface area contributed by atoms with Crippen LogP contribution in [0.3, 0.4) is 0 Å². The van der Waals surface area contributed by atoms with Gasteiger partial charge in [-0.2, -0.15) is 0 Å². The summed E-state index contributed by atoms with van der Waals surface area (Å²) in [6.45, 7) is 23.3. The first-order valence-corrected chi connectivity index (χ1v) is 19.7. The molecule has 1 aromatic heterocycles. The quantitative estimate of drug-likeness (QED) is 0.0544.